The van der Waals surface area contributed by atoms with Crippen LogP contribution in [-0.2, 0) is 0 Å². The van der Waals surface area contributed by atoms with Crippen molar-refractivity contribution in [3.8, 4) is 0 Å². The number of nitrogens with two attached hydrogens (primary N) is 1. The lowest BCUT2D eigenvalue weighted by Gasteiger charge is -2.37. The van der Waals surface area contributed by atoms with Crippen molar-refractivity contribution >= 4 is 5.65 Å². The summed E-state index contributed by atoms with van der Waals surface area (Å²) in [6.07, 6.45) is 5.19. The number of pyridine rings is 1. The third-order valence-corrected chi connectivity index (χ3v) is 3.99. The monoisotopic (exact) mass is 258 g/mol. The molecule has 2 aromatic heterocycles. The summed E-state index contributed by atoms with van der Waals surface area (Å²) in [6, 6.07) is 6.46. The van der Waals surface area contributed by atoms with Gasteiger partial charge in [-0.2, -0.15) is 0 Å². The molecule has 4 heteroatoms. The number of nitrogens with zero attached hydrogens (tertiary/aromatic N) is 3. The predicted molar refractivity (Wildman–Crippen MR) is 77.0 cm³/mol. The zero-order valence-corrected chi connectivity index (χ0v) is 11.9. The van der Waals surface area contributed by atoms with Crippen LogP contribution in [-0.4, -0.2) is 32.4 Å². The van der Waals surface area contributed by atoms with Crippen LogP contribution >= 0.6 is 0 Å². The molecule has 2 N–H and O–H groups in total. The van der Waals surface area contributed by atoms with Crippen LogP contribution in [0.25, 0.3) is 5.65 Å². The minimum absolute atomic E-state index is 0.120. The molecule has 0 bridgehead atoms. The Labute approximate surface area is 114 Å². The van der Waals surface area contributed by atoms with Crippen molar-refractivity contribution in [2.75, 3.05) is 6.54 Å². The molecule has 0 spiro atoms. The standard InChI is InChI=1S/C15H22N4/c1-15(2,3)19-9-7-11(16)14(19)12-10-18-8-5-4-6-13(18)17-12/h4-6,8,10-11,14H,7,9,16H2,1-3H3. The first kappa shape index (κ1) is 12.6. The maximum atomic E-state index is 6.33. The minimum Gasteiger partial charge on any atom is -0.326 e. The maximum absolute atomic E-state index is 6.33. The van der Waals surface area contributed by atoms with Gasteiger partial charge in [0.25, 0.3) is 0 Å². The average Bonchev–Trinajstić information content (AvgIpc) is 2.90. The molecule has 0 amide bonds. The molecule has 1 saturated heterocycles. The van der Waals surface area contributed by atoms with Crippen molar-refractivity contribution in [2.24, 2.45) is 5.73 Å². The molecule has 0 radical (unpaired) electrons. The van der Waals surface area contributed by atoms with Crippen molar-refractivity contribution in [1.29, 1.82) is 0 Å². The lowest BCUT2D eigenvalue weighted by molar-refractivity contribution is 0.115. The first-order valence-corrected chi connectivity index (χ1v) is 6.93. The van der Waals surface area contributed by atoms with Crippen LogP contribution in [0.1, 0.15) is 38.9 Å². The Morgan fingerprint density at radius 1 is 1.32 bits per heavy atom. The van der Waals surface area contributed by atoms with Gasteiger partial charge in [-0.15, -0.1) is 0 Å². The second-order valence-corrected chi connectivity index (χ2v) is 6.39. The molecule has 2 unspecified atom stereocenters. The van der Waals surface area contributed by atoms with Crippen LogP contribution in [0.4, 0.5) is 0 Å². The molecule has 3 heterocycles. The summed E-state index contributed by atoms with van der Waals surface area (Å²) < 4.78 is 2.07. The minimum atomic E-state index is 0.120. The van der Waals surface area contributed by atoms with Gasteiger partial charge in [0.15, 0.2) is 0 Å². The molecule has 102 valence electrons. The first-order chi connectivity index (χ1) is 8.97. The zero-order chi connectivity index (χ0) is 13.6. The normalized spacial score (nSPS) is 25.3. The number of imidazole rings is 1. The van der Waals surface area contributed by atoms with Crippen molar-refractivity contribution in [1.82, 2.24) is 14.3 Å². The highest BCUT2D eigenvalue weighted by Crippen LogP contribution is 2.36. The molecule has 0 saturated carbocycles. The Hall–Kier alpha value is -1.39. The van der Waals surface area contributed by atoms with Crippen molar-refractivity contribution < 1.29 is 0 Å². The van der Waals surface area contributed by atoms with Gasteiger partial charge in [-0.1, -0.05) is 6.07 Å². The van der Waals surface area contributed by atoms with E-state index in [0.717, 1.165) is 24.3 Å². The second-order valence-electron chi connectivity index (χ2n) is 6.39. The SMILES string of the molecule is CC(C)(C)N1CCC(N)C1c1cn2ccccc2n1. The molecule has 2 aromatic rings. The van der Waals surface area contributed by atoms with Gasteiger partial charge in [-0.05, 0) is 39.3 Å². The van der Waals surface area contributed by atoms with E-state index in [1.807, 2.05) is 24.4 Å². The summed E-state index contributed by atoms with van der Waals surface area (Å²) in [4.78, 5) is 7.22. The lowest BCUT2D eigenvalue weighted by Crippen LogP contribution is -2.43. The summed E-state index contributed by atoms with van der Waals surface area (Å²) in [5.41, 5.74) is 8.53. The number of hydrogen-bond donors (Lipinski definition) is 1. The largest absolute Gasteiger partial charge is 0.326 e. The Morgan fingerprint density at radius 2 is 2.11 bits per heavy atom. The fourth-order valence-electron chi connectivity index (χ4n) is 3.04. The third kappa shape index (κ3) is 2.15. The van der Waals surface area contributed by atoms with Crippen molar-refractivity contribution in [2.45, 2.75) is 44.8 Å². The highest BCUT2D eigenvalue weighted by molar-refractivity contribution is 5.40. The van der Waals surface area contributed by atoms with Gasteiger partial charge in [0.2, 0.25) is 0 Å². The summed E-state index contributed by atoms with van der Waals surface area (Å²) in [7, 11) is 0. The lowest BCUT2D eigenvalue weighted by atomic mass is 10.0. The van der Waals surface area contributed by atoms with Crippen LogP contribution in [0.15, 0.2) is 30.6 Å². The van der Waals surface area contributed by atoms with Gasteiger partial charge < -0.3 is 10.1 Å². The topological polar surface area (TPSA) is 46.6 Å². The van der Waals surface area contributed by atoms with Crippen LogP contribution in [0.2, 0.25) is 0 Å². The molecule has 1 aliphatic heterocycles. The molecule has 19 heavy (non-hydrogen) atoms. The van der Waals surface area contributed by atoms with E-state index in [0.29, 0.717) is 0 Å². The van der Waals surface area contributed by atoms with Crippen molar-refractivity contribution in [3.63, 3.8) is 0 Å². The van der Waals surface area contributed by atoms with Gasteiger partial charge in [-0.3, -0.25) is 4.90 Å². The van der Waals surface area contributed by atoms with E-state index in [1.165, 1.54) is 0 Å². The van der Waals surface area contributed by atoms with Gasteiger partial charge in [0, 0.05) is 30.5 Å². The number of fused-ring (bicyclic) bond motifs is 1. The predicted octanol–water partition coefficient (Wildman–Crippen LogP) is 2.21. The van der Waals surface area contributed by atoms with E-state index in [-0.39, 0.29) is 17.6 Å². The van der Waals surface area contributed by atoms with Crippen LogP contribution in [0.5, 0.6) is 0 Å². The van der Waals surface area contributed by atoms with E-state index >= 15 is 0 Å². The Morgan fingerprint density at radius 3 is 2.79 bits per heavy atom. The quantitative estimate of drug-likeness (QED) is 0.853. The van der Waals surface area contributed by atoms with Gasteiger partial charge in [-0.25, -0.2) is 4.98 Å². The number of likely N-dealkylation sites (tertiary alicyclic amines) is 1. The summed E-state index contributed by atoms with van der Waals surface area (Å²) >= 11 is 0. The number of rotatable bonds is 1. The molecule has 0 aliphatic carbocycles. The summed E-state index contributed by atoms with van der Waals surface area (Å²) in [5, 5.41) is 0. The van der Waals surface area contributed by atoms with Gasteiger partial charge in [0.05, 0.1) is 11.7 Å². The molecule has 3 rings (SSSR count). The molecule has 1 aliphatic rings. The third-order valence-electron chi connectivity index (χ3n) is 3.99. The average molecular weight is 258 g/mol. The number of aromatic nitrogens is 2. The van der Waals surface area contributed by atoms with Crippen LogP contribution in [0, 0.1) is 0 Å². The molecule has 0 aromatic carbocycles. The van der Waals surface area contributed by atoms with Crippen LogP contribution < -0.4 is 5.73 Å². The highest BCUT2D eigenvalue weighted by atomic mass is 15.3. The highest BCUT2D eigenvalue weighted by Gasteiger charge is 2.40. The van der Waals surface area contributed by atoms with E-state index in [1.54, 1.807) is 0 Å². The fourth-order valence-corrected chi connectivity index (χ4v) is 3.04. The number of hydrogen-bond acceptors (Lipinski definition) is 3. The van der Waals surface area contributed by atoms with E-state index in [9.17, 15) is 0 Å². The molecule has 1 fully saturated rings. The zero-order valence-electron chi connectivity index (χ0n) is 11.9. The Balaban J connectivity index is 2.03. The molecular formula is C15H22N4. The van der Waals surface area contributed by atoms with Crippen molar-refractivity contribution in [3.05, 3.63) is 36.3 Å². The molecule has 2 atom stereocenters. The van der Waals surface area contributed by atoms with E-state index in [4.69, 9.17) is 10.7 Å². The van der Waals surface area contributed by atoms with Gasteiger partial charge in [0.1, 0.15) is 5.65 Å². The van der Waals surface area contributed by atoms with E-state index in [2.05, 4.69) is 36.3 Å². The van der Waals surface area contributed by atoms with E-state index < -0.39 is 0 Å². The molecular weight excluding hydrogens is 236 g/mol. The second kappa shape index (κ2) is 4.32. The summed E-state index contributed by atoms with van der Waals surface area (Å²) in [6.45, 7) is 7.78. The molecule has 4 nitrogen and oxygen atoms in total. The Bertz CT molecular complexity index is 548. The summed E-state index contributed by atoms with van der Waals surface area (Å²) in [5.74, 6) is 0. The fraction of sp³-hybridized carbons (Fsp3) is 0.533. The first-order valence-electron chi connectivity index (χ1n) is 6.93. The Kier molecular flexibility index (Phi) is 2.87. The smallest absolute Gasteiger partial charge is 0.137 e. The van der Waals surface area contributed by atoms with Gasteiger partial charge >= 0.3 is 0 Å². The van der Waals surface area contributed by atoms with Crippen LogP contribution in [0.3, 0.4) is 0 Å². The maximum Gasteiger partial charge on any atom is 0.137 e.